The maximum Gasteiger partial charge on any atom is 0.345 e. The van der Waals surface area contributed by atoms with Crippen LogP contribution in [0.15, 0.2) is 24.4 Å². The van der Waals surface area contributed by atoms with E-state index in [9.17, 15) is 19.8 Å². The average Bonchev–Trinajstić information content (AvgIpc) is 3.09. The number of hydrogen-bond donors (Lipinski definition) is 2. The third kappa shape index (κ3) is 2.75. The van der Waals surface area contributed by atoms with Gasteiger partial charge in [-0.2, -0.15) is 0 Å². The van der Waals surface area contributed by atoms with Crippen molar-refractivity contribution in [2.45, 2.75) is 24.9 Å². The molecule has 7 nitrogen and oxygen atoms in total. The third-order valence-electron chi connectivity index (χ3n) is 5.11. The van der Waals surface area contributed by atoms with E-state index >= 15 is 0 Å². The van der Waals surface area contributed by atoms with Crippen molar-refractivity contribution in [3.05, 3.63) is 45.3 Å². The van der Waals surface area contributed by atoms with Gasteiger partial charge >= 0.3 is 11.9 Å². The minimum Gasteiger partial charge on any atom is -0.478 e. The predicted octanol–water partition coefficient (Wildman–Crippen LogP) is 2.61. The molecule has 2 N–H and O–H groups in total. The maximum absolute atomic E-state index is 11.4. The van der Waals surface area contributed by atoms with Gasteiger partial charge < -0.3 is 19.8 Å². The van der Waals surface area contributed by atoms with Gasteiger partial charge in [0.25, 0.3) is 0 Å². The van der Waals surface area contributed by atoms with Crippen LogP contribution in [0.4, 0.5) is 5.82 Å². The number of hydrogen-bond acceptors (Lipinski definition) is 6. The first-order valence-electron chi connectivity index (χ1n) is 8.44. The number of piperidine rings is 1. The minimum atomic E-state index is -0.992. The fraction of sp³-hybridized carbons (Fsp3) is 0.389. The van der Waals surface area contributed by atoms with Gasteiger partial charge in [-0.1, -0.05) is 0 Å². The number of carboxylic acid groups (broad SMARTS) is 2. The number of aromatic carboxylic acids is 2. The SMILES string of the molecule is O=C(O)c1cc2c(s1)CCOC21CCN(c2ncccc2C(=O)O)CC1. The quantitative estimate of drug-likeness (QED) is 0.852. The summed E-state index contributed by atoms with van der Waals surface area (Å²) in [5, 5.41) is 18.7. The van der Waals surface area contributed by atoms with Crippen LogP contribution in [0.25, 0.3) is 0 Å². The second-order valence-electron chi connectivity index (χ2n) is 6.51. The van der Waals surface area contributed by atoms with Gasteiger partial charge in [0.15, 0.2) is 0 Å². The predicted molar refractivity (Wildman–Crippen MR) is 95.3 cm³/mol. The molecule has 0 radical (unpaired) electrons. The first-order chi connectivity index (χ1) is 12.5. The highest BCUT2D eigenvalue weighted by atomic mass is 32.1. The molecule has 4 heterocycles. The highest BCUT2D eigenvalue weighted by Gasteiger charge is 2.43. The molecule has 1 fully saturated rings. The van der Waals surface area contributed by atoms with Crippen molar-refractivity contribution in [2.24, 2.45) is 0 Å². The number of aromatic nitrogens is 1. The monoisotopic (exact) mass is 374 g/mol. The Morgan fingerprint density at radius 3 is 2.69 bits per heavy atom. The number of anilines is 1. The molecule has 0 saturated carbocycles. The molecule has 1 spiro atoms. The fourth-order valence-electron chi connectivity index (χ4n) is 3.83. The van der Waals surface area contributed by atoms with E-state index in [2.05, 4.69) is 4.98 Å². The standard InChI is InChI=1S/C18H18N2O5S/c21-16(22)11-2-1-6-19-15(11)20-7-4-18(5-8-20)12-10-14(17(23)24)26-13(12)3-9-25-18/h1-2,6,10H,3-5,7-9H2,(H,21,22)(H,23,24). The molecule has 4 rings (SSSR count). The molecular weight excluding hydrogens is 356 g/mol. The van der Waals surface area contributed by atoms with Crippen LogP contribution in [0.1, 0.15) is 43.3 Å². The molecule has 8 heteroatoms. The van der Waals surface area contributed by atoms with Crippen molar-refractivity contribution in [3.63, 3.8) is 0 Å². The molecule has 26 heavy (non-hydrogen) atoms. The van der Waals surface area contributed by atoms with Gasteiger partial charge in [-0.25, -0.2) is 14.6 Å². The number of pyridine rings is 1. The number of thiophene rings is 1. The summed E-state index contributed by atoms with van der Waals surface area (Å²) in [6.07, 6.45) is 3.68. The first kappa shape index (κ1) is 17.0. The topological polar surface area (TPSA) is 100.0 Å². The van der Waals surface area contributed by atoms with Gasteiger partial charge in [-0.3, -0.25) is 0 Å². The highest BCUT2D eigenvalue weighted by Crippen LogP contribution is 2.45. The van der Waals surface area contributed by atoms with Crippen LogP contribution in [0.3, 0.4) is 0 Å². The molecule has 1 saturated heterocycles. The van der Waals surface area contributed by atoms with Crippen LogP contribution in [-0.2, 0) is 16.8 Å². The highest BCUT2D eigenvalue weighted by molar-refractivity contribution is 7.14. The van der Waals surface area contributed by atoms with Gasteiger partial charge in [0.05, 0.1) is 12.2 Å². The van der Waals surface area contributed by atoms with Gasteiger partial charge in [0, 0.05) is 30.6 Å². The lowest BCUT2D eigenvalue weighted by molar-refractivity contribution is -0.0757. The normalized spacial score (nSPS) is 18.5. The van der Waals surface area contributed by atoms with Crippen molar-refractivity contribution in [1.29, 1.82) is 0 Å². The Kier molecular flexibility index (Phi) is 4.16. The van der Waals surface area contributed by atoms with Crippen molar-refractivity contribution < 1.29 is 24.5 Å². The lowest BCUT2D eigenvalue weighted by Gasteiger charge is -2.44. The Labute approximate surface area is 153 Å². The first-order valence-corrected chi connectivity index (χ1v) is 9.25. The van der Waals surface area contributed by atoms with Crippen LogP contribution in [-0.4, -0.2) is 46.8 Å². The Balaban J connectivity index is 1.60. The fourth-order valence-corrected chi connectivity index (χ4v) is 4.90. The van der Waals surface area contributed by atoms with E-state index < -0.39 is 17.5 Å². The van der Waals surface area contributed by atoms with Gasteiger partial charge in [0.1, 0.15) is 16.3 Å². The molecule has 2 aromatic rings. The zero-order valence-corrected chi connectivity index (χ0v) is 14.8. The van der Waals surface area contributed by atoms with E-state index in [1.54, 1.807) is 24.4 Å². The molecule has 2 aliphatic heterocycles. The molecule has 2 aromatic heterocycles. The van der Waals surface area contributed by atoms with Crippen molar-refractivity contribution in [1.82, 2.24) is 4.98 Å². The second kappa shape index (κ2) is 6.37. The molecule has 0 aromatic carbocycles. The van der Waals surface area contributed by atoms with Gasteiger partial charge in [0.2, 0.25) is 0 Å². The summed E-state index contributed by atoms with van der Waals surface area (Å²) >= 11 is 1.33. The summed E-state index contributed by atoms with van der Waals surface area (Å²) in [4.78, 5) is 30.4. The largest absolute Gasteiger partial charge is 0.478 e. The van der Waals surface area contributed by atoms with E-state index in [0.717, 1.165) is 16.9 Å². The third-order valence-corrected chi connectivity index (χ3v) is 6.29. The van der Waals surface area contributed by atoms with Gasteiger partial charge in [-0.15, -0.1) is 11.3 Å². The minimum absolute atomic E-state index is 0.192. The number of ether oxygens (including phenoxy) is 1. The molecule has 2 aliphatic rings. The number of carboxylic acids is 2. The second-order valence-corrected chi connectivity index (χ2v) is 7.65. The maximum atomic E-state index is 11.4. The zero-order chi connectivity index (χ0) is 18.3. The Hall–Kier alpha value is -2.45. The molecule has 0 unspecified atom stereocenters. The van der Waals surface area contributed by atoms with Crippen molar-refractivity contribution in [3.8, 4) is 0 Å². The molecule has 0 atom stereocenters. The smallest absolute Gasteiger partial charge is 0.345 e. The van der Waals surface area contributed by atoms with Crippen molar-refractivity contribution in [2.75, 3.05) is 24.6 Å². The van der Waals surface area contributed by atoms with E-state index in [1.807, 2.05) is 4.90 Å². The van der Waals surface area contributed by atoms with Crippen LogP contribution >= 0.6 is 11.3 Å². The summed E-state index contributed by atoms with van der Waals surface area (Å²) in [5.74, 6) is -1.42. The summed E-state index contributed by atoms with van der Waals surface area (Å²) in [6, 6.07) is 4.93. The Morgan fingerprint density at radius 2 is 2.00 bits per heavy atom. The number of fused-ring (bicyclic) bond motifs is 2. The summed E-state index contributed by atoms with van der Waals surface area (Å²) < 4.78 is 6.14. The number of carbonyl (C=O) groups is 2. The molecule has 0 bridgehead atoms. The number of rotatable bonds is 3. The summed E-state index contributed by atoms with van der Waals surface area (Å²) in [5.41, 5.74) is 0.703. The van der Waals surface area contributed by atoms with E-state index in [4.69, 9.17) is 4.74 Å². The van der Waals surface area contributed by atoms with Crippen LogP contribution < -0.4 is 4.90 Å². The molecule has 0 amide bonds. The average molecular weight is 374 g/mol. The van der Waals surface area contributed by atoms with E-state index in [-0.39, 0.29) is 5.56 Å². The Morgan fingerprint density at radius 1 is 1.23 bits per heavy atom. The molecular formula is C18H18N2O5S. The van der Waals surface area contributed by atoms with Crippen LogP contribution in [0, 0.1) is 0 Å². The lowest BCUT2D eigenvalue weighted by Crippen LogP contribution is -2.46. The zero-order valence-electron chi connectivity index (χ0n) is 14.0. The van der Waals surface area contributed by atoms with Gasteiger partial charge in [-0.05, 0) is 36.6 Å². The lowest BCUT2D eigenvalue weighted by atomic mass is 9.82. The van der Waals surface area contributed by atoms with Crippen LogP contribution in [0.2, 0.25) is 0 Å². The molecule has 0 aliphatic carbocycles. The van der Waals surface area contributed by atoms with E-state index in [0.29, 0.717) is 43.2 Å². The summed E-state index contributed by atoms with van der Waals surface area (Å²) in [7, 11) is 0. The Bertz CT molecular complexity index is 870. The summed E-state index contributed by atoms with van der Waals surface area (Å²) in [6.45, 7) is 1.79. The van der Waals surface area contributed by atoms with E-state index in [1.165, 1.54) is 11.3 Å². The van der Waals surface area contributed by atoms with Crippen LogP contribution in [0.5, 0.6) is 0 Å². The number of nitrogens with zero attached hydrogens (tertiary/aromatic N) is 2. The van der Waals surface area contributed by atoms with Crippen molar-refractivity contribution >= 4 is 29.1 Å². The molecule has 136 valence electrons.